The normalized spacial score (nSPS) is 10.5. The molecule has 1 heterocycles. The van der Waals surface area contributed by atoms with Crippen LogP contribution in [0.5, 0.6) is 5.75 Å². The van der Waals surface area contributed by atoms with Gasteiger partial charge in [0.25, 0.3) is 5.91 Å². The van der Waals surface area contributed by atoms with E-state index < -0.39 is 5.91 Å². The lowest BCUT2D eigenvalue weighted by atomic mass is 10.2. The number of hydrogen-bond donors (Lipinski definition) is 3. The van der Waals surface area contributed by atoms with Gasteiger partial charge in [0.15, 0.2) is 10.2 Å². The Hall–Kier alpha value is -2.08. The van der Waals surface area contributed by atoms with Gasteiger partial charge in [-0.3, -0.25) is 14.9 Å². The number of anilines is 2. The molecule has 0 bridgehead atoms. The Morgan fingerprint density at radius 2 is 1.97 bits per heavy atom. The van der Waals surface area contributed by atoms with E-state index in [9.17, 15) is 9.59 Å². The molecule has 7 nitrogen and oxygen atoms in total. The van der Waals surface area contributed by atoms with Crippen molar-refractivity contribution < 1.29 is 14.3 Å². The van der Waals surface area contributed by atoms with Gasteiger partial charge < -0.3 is 15.4 Å². The Kier molecular flexibility index (Phi) is 7.40. The minimum atomic E-state index is -0.408. The van der Waals surface area contributed by atoms with Crippen LogP contribution in [0.25, 0.3) is 10.2 Å². The number of rotatable bonds is 5. The van der Waals surface area contributed by atoms with Crippen LogP contribution in [-0.4, -0.2) is 29.0 Å². The Morgan fingerprint density at radius 3 is 2.67 bits per heavy atom. The van der Waals surface area contributed by atoms with E-state index in [-0.39, 0.29) is 11.0 Å². The van der Waals surface area contributed by atoms with Crippen LogP contribution in [-0.2, 0) is 4.79 Å². The van der Waals surface area contributed by atoms with E-state index in [4.69, 9.17) is 17.0 Å². The molecule has 3 N–H and O–H groups in total. The van der Waals surface area contributed by atoms with Crippen LogP contribution < -0.4 is 20.7 Å². The Balaban J connectivity index is 1.72. The Labute approximate surface area is 198 Å². The number of carbonyl (C=O) groups is 2. The van der Waals surface area contributed by atoms with Gasteiger partial charge in [-0.1, -0.05) is 34.2 Å². The molecule has 3 rings (SSSR count). The zero-order valence-electron chi connectivity index (χ0n) is 15.8. The topological polar surface area (TPSA) is 92.4 Å². The van der Waals surface area contributed by atoms with Gasteiger partial charge >= 0.3 is 0 Å². The highest BCUT2D eigenvalue weighted by Crippen LogP contribution is 2.33. The first-order valence-electron chi connectivity index (χ1n) is 8.66. The molecule has 0 radical (unpaired) electrons. The molecule has 2 amide bonds. The lowest BCUT2D eigenvalue weighted by Crippen LogP contribution is -2.34. The molecular weight excluding hydrogens is 556 g/mol. The molecule has 11 heteroatoms. The summed E-state index contributed by atoms with van der Waals surface area (Å²) in [6, 6.07) is 8.89. The summed E-state index contributed by atoms with van der Waals surface area (Å²) in [6.45, 7) is 1.78. The number of carbonyl (C=O) groups excluding carboxylic acids is 2. The predicted molar refractivity (Wildman–Crippen MR) is 131 cm³/mol. The zero-order valence-corrected chi connectivity index (χ0v) is 20.6. The van der Waals surface area contributed by atoms with Crippen molar-refractivity contribution >= 4 is 93.4 Å². The minimum absolute atomic E-state index is 0.0918. The maximum Gasteiger partial charge on any atom is 0.261 e. The van der Waals surface area contributed by atoms with Crippen molar-refractivity contribution in [3.63, 3.8) is 0 Å². The molecule has 30 heavy (non-hydrogen) atoms. The van der Waals surface area contributed by atoms with Gasteiger partial charge in [0, 0.05) is 16.6 Å². The Morgan fingerprint density at radius 1 is 1.20 bits per heavy atom. The molecule has 0 aliphatic carbocycles. The maximum absolute atomic E-state index is 12.7. The van der Waals surface area contributed by atoms with Crippen LogP contribution in [0, 0.1) is 0 Å². The molecule has 0 atom stereocenters. The summed E-state index contributed by atoms with van der Waals surface area (Å²) in [5.74, 6) is -0.0908. The van der Waals surface area contributed by atoms with Crippen molar-refractivity contribution in [1.29, 1.82) is 0 Å². The van der Waals surface area contributed by atoms with Gasteiger partial charge in [0.05, 0.1) is 27.4 Å². The molecule has 0 spiro atoms. The summed E-state index contributed by atoms with van der Waals surface area (Å²) in [4.78, 5) is 28.6. The number of nitrogens with one attached hydrogen (secondary N) is 3. The third-order valence-electron chi connectivity index (χ3n) is 3.90. The number of benzene rings is 2. The lowest BCUT2D eigenvalue weighted by molar-refractivity contribution is -0.115. The molecule has 3 aromatic rings. The van der Waals surface area contributed by atoms with Gasteiger partial charge in [-0.2, -0.15) is 0 Å². The fourth-order valence-corrected chi connectivity index (χ4v) is 5.05. The molecule has 1 aromatic heterocycles. The van der Waals surface area contributed by atoms with E-state index in [1.54, 1.807) is 25.1 Å². The summed E-state index contributed by atoms with van der Waals surface area (Å²) in [5, 5.41) is 9.07. The Bertz CT molecular complexity index is 1150. The number of nitrogens with zero attached hydrogens (tertiary/aromatic N) is 1. The van der Waals surface area contributed by atoms with Crippen molar-refractivity contribution in [2.45, 2.75) is 13.3 Å². The summed E-state index contributed by atoms with van der Waals surface area (Å²) in [6.07, 6.45) is 0.385. The highest BCUT2D eigenvalue weighted by molar-refractivity contribution is 9.11. The monoisotopic (exact) mass is 570 g/mol. The van der Waals surface area contributed by atoms with Crippen molar-refractivity contribution in [3.8, 4) is 5.75 Å². The summed E-state index contributed by atoms with van der Waals surface area (Å²) in [5.41, 5.74) is 1.78. The SMILES string of the molecule is CCC(=O)Nc1nc2ccc(NC(=S)NC(=O)c3cc(Br)cc(Br)c3OC)cc2s1. The van der Waals surface area contributed by atoms with Gasteiger partial charge in [-0.05, 0) is 58.5 Å². The molecule has 0 unspecified atom stereocenters. The fourth-order valence-electron chi connectivity index (χ4n) is 2.53. The lowest BCUT2D eigenvalue weighted by Gasteiger charge is -2.13. The highest BCUT2D eigenvalue weighted by Gasteiger charge is 2.17. The largest absolute Gasteiger partial charge is 0.495 e. The standard InChI is InChI=1S/C19H16Br2N4O3S2/c1-3-15(26)24-19-23-13-5-4-10(8-14(13)30-19)22-18(29)25-17(27)11-6-9(20)7-12(21)16(11)28-2/h4-8H,3H2,1-2H3,(H,23,24,26)(H2,22,25,27,29). The minimum Gasteiger partial charge on any atom is -0.495 e. The molecular formula is C19H16Br2N4O3S2. The second kappa shape index (κ2) is 9.82. The number of thiocarbonyl (C=S) groups is 1. The first-order chi connectivity index (χ1) is 14.3. The van der Waals surface area contributed by atoms with E-state index >= 15 is 0 Å². The molecule has 0 saturated heterocycles. The average Bonchev–Trinajstić information content (AvgIpc) is 3.08. The fraction of sp³-hybridized carbons (Fsp3) is 0.158. The molecule has 0 aliphatic heterocycles. The van der Waals surface area contributed by atoms with Crippen LogP contribution >= 0.6 is 55.4 Å². The van der Waals surface area contributed by atoms with Crippen LogP contribution in [0.15, 0.2) is 39.3 Å². The van der Waals surface area contributed by atoms with E-state index in [2.05, 4.69) is 52.8 Å². The van der Waals surface area contributed by atoms with Crippen molar-refractivity contribution in [1.82, 2.24) is 10.3 Å². The van der Waals surface area contributed by atoms with Crippen molar-refractivity contribution in [2.75, 3.05) is 17.7 Å². The maximum atomic E-state index is 12.7. The second-order valence-corrected chi connectivity index (χ2v) is 9.19. The number of hydrogen-bond acceptors (Lipinski definition) is 6. The third-order valence-corrected chi connectivity index (χ3v) is 6.08. The summed E-state index contributed by atoms with van der Waals surface area (Å²) < 4.78 is 7.55. The van der Waals surface area contributed by atoms with E-state index in [1.807, 2.05) is 12.1 Å². The predicted octanol–water partition coefficient (Wildman–Crippen LogP) is 5.31. The third kappa shape index (κ3) is 5.34. The van der Waals surface area contributed by atoms with Gasteiger partial charge in [0.2, 0.25) is 5.91 Å². The smallest absolute Gasteiger partial charge is 0.261 e. The molecule has 0 aliphatic rings. The summed E-state index contributed by atoms with van der Waals surface area (Å²) >= 11 is 13.4. The van der Waals surface area contributed by atoms with Crippen LogP contribution in [0.2, 0.25) is 0 Å². The van der Waals surface area contributed by atoms with Crippen LogP contribution in [0.1, 0.15) is 23.7 Å². The van der Waals surface area contributed by atoms with Crippen LogP contribution in [0.3, 0.4) is 0 Å². The average molecular weight is 572 g/mol. The summed E-state index contributed by atoms with van der Waals surface area (Å²) in [7, 11) is 1.49. The van der Waals surface area contributed by atoms with Crippen LogP contribution in [0.4, 0.5) is 10.8 Å². The number of thiazole rings is 1. The second-order valence-electron chi connectivity index (χ2n) is 5.98. The number of methoxy groups -OCH3 is 1. The molecule has 156 valence electrons. The molecule has 2 aromatic carbocycles. The van der Waals surface area contributed by atoms with Gasteiger partial charge in [-0.15, -0.1) is 0 Å². The molecule has 0 saturated carbocycles. The van der Waals surface area contributed by atoms with Crippen molar-refractivity contribution in [2.24, 2.45) is 0 Å². The quantitative estimate of drug-likeness (QED) is 0.360. The van der Waals surface area contributed by atoms with Crippen molar-refractivity contribution in [3.05, 3.63) is 44.8 Å². The van der Waals surface area contributed by atoms with Gasteiger partial charge in [-0.25, -0.2) is 4.98 Å². The van der Waals surface area contributed by atoms with E-state index in [0.717, 1.165) is 14.7 Å². The van der Waals surface area contributed by atoms with Gasteiger partial charge in [0.1, 0.15) is 5.75 Å². The zero-order chi connectivity index (χ0) is 21.8. The number of aromatic nitrogens is 1. The first-order valence-corrected chi connectivity index (χ1v) is 11.5. The first kappa shape index (κ1) is 22.6. The molecule has 0 fully saturated rings. The number of fused-ring (bicyclic) bond motifs is 1. The number of ether oxygens (including phenoxy) is 1. The van der Waals surface area contributed by atoms with E-state index in [0.29, 0.717) is 33.0 Å². The number of halogens is 2. The number of amides is 2. The van der Waals surface area contributed by atoms with E-state index in [1.165, 1.54) is 18.4 Å². The highest BCUT2D eigenvalue weighted by atomic mass is 79.9.